The predicted molar refractivity (Wildman–Crippen MR) is 147 cm³/mol. The van der Waals surface area contributed by atoms with Gasteiger partial charge in [0.1, 0.15) is 0 Å². The number of nitrogens with one attached hydrogen (secondary N) is 1. The average molecular weight is 486 g/mol. The number of carbonyl (C=O) groups is 1. The molecule has 5 heteroatoms. The van der Waals surface area contributed by atoms with Crippen LogP contribution in [0, 0.1) is 0 Å². The number of halogens is 1. The van der Waals surface area contributed by atoms with Crippen molar-refractivity contribution in [1.82, 2.24) is 9.88 Å². The third-order valence-electron chi connectivity index (χ3n) is 6.20. The standard InChI is InChI=1S/C30H32ClN3O/c1-20(2)34(21(3)4)19-28-14-11-25-18-27(15-16-29(25)32-28)33-30(35)17-22-5-7-23(8-6-22)24-9-12-26(31)13-10-24/h5-16,18,20-21H,17,19H2,1-4H3,(H,33,35). The smallest absolute Gasteiger partial charge is 0.228 e. The molecule has 0 atom stereocenters. The van der Waals surface area contributed by atoms with E-state index >= 15 is 0 Å². The zero-order valence-electron chi connectivity index (χ0n) is 20.8. The summed E-state index contributed by atoms with van der Waals surface area (Å²) in [6.07, 6.45) is 0.316. The molecule has 0 fully saturated rings. The maximum Gasteiger partial charge on any atom is 0.228 e. The molecule has 0 aliphatic carbocycles. The van der Waals surface area contributed by atoms with Gasteiger partial charge >= 0.3 is 0 Å². The van der Waals surface area contributed by atoms with Gasteiger partial charge in [-0.25, -0.2) is 0 Å². The molecule has 1 amide bonds. The molecule has 0 spiro atoms. The molecule has 0 saturated heterocycles. The average Bonchev–Trinajstić information content (AvgIpc) is 2.83. The first kappa shape index (κ1) is 24.9. The van der Waals surface area contributed by atoms with Gasteiger partial charge in [0.2, 0.25) is 5.91 Å². The summed E-state index contributed by atoms with van der Waals surface area (Å²) in [6.45, 7) is 9.67. The minimum atomic E-state index is -0.0438. The number of pyridine rings is 1. The van der Waals surface area contributed by atoms with E-state index in [0.29, 0.717) is 18.5 Å². The summed E-state index contributed by atoms with van der Waals surface area (Å²) in [4.78, 5) is 19.9. The molecule has 4 rings (SSSR count). The van der Waals surface area contributed by atoms with Gasteiger partial charge < -0.3 is 5.32 Å². The van der Waals surface area contributed by atoms with Crippen LogP contribution in [0.5, 0.6) is 0 Å². The number of nitrogens with zero attached hydrogens (tertiary/aromatic N) is 2. The minimum absolute atomic E-state index is 0.0438. The van der Waals surface area contributed by atoms with Gasteiger partial charge in [0.25, 0.3) is 0 Å². The first-order valence-electron chi connectivity index (χ1n) is 12.1. The molecule has 0 bridgehead atoms. The Morgan fingerprint density at radius 3 is 2.11 bits per heavy atom. The lowest BCUT2D eigenvalue weighted by Crippen LogP contribution is -2.36. The lowest BCUT2D eigenvalue weighted by atomic mass is 10.0. The van der Waals surface area contributed by atoms with Crippen LogP contribution in [0.15, 0.2) is 78.9 Å². The number of hydrogen-bond donors (Lipinski definition) is 1. The fourth-order valence-corrected chi connectivity index (χ4v) is 4.46. The number of amides is 1. The third-order valence-corrected chi connectivity index (χ3v) is 6.45. The zero-order chi connectivity index (χ0) is 24.9. The molecule has 1 aromatic heterocycles. The Morgan fingerprint density at radius 2 is 1.49 bits per heavy atom. The number of carbonyl (C=O) groups excluding carboxylic acids is 1. The summed E-state index contributed by atoms with van der Waals surface area (Å²) in [5, 5.41) is 4.75. The molecule has 0 unspecified atom stereocenters. The van der Waals surface area contributed by atoms with Crippen molar-refractivity contribution in [2.75, 3.05) is 5.32 Å². The molecule has 0 aliphatic heterocycles. The highest BCUT2D eigenvalue weighted by Gasteiger charge is 2.15. The van der Waals surface area contributed by atoms with E-state index in [-0.39, 0.29) is 5.91 Å². The largest absolute Gasteiger partial charge is 0.326 e. The van der Waals surface area contributed by atoms with Crippen LogP contribution < -0.4 is 5.32 Å². The highest BCUT2D eigenvalue weighted by atomic mass is 35.5. The number of hydrogen-bond acceptors (Lipinski definition) is 3. The molecule has 0 saturated carbocycles. The van der Waals surface area contributed by atoms with Crippen molar-refractivity contribution >= 4 is 34.1 Å². The second kappa shape index (κ2) is 11.0. The number of fused-ring (bicyclic) bond motifs is 1. The Morgan fingerprint density at radius 1 is 0.857 bits per heavy atom. The summed E-state index contributed by atoms with van der Waals surface area (Å²) in [5.41, 5.74) is 5.93. The zero-order valence-corrected chi connectivity index (χ0v) is 21.5. The van der Waals surface area contributed by atoms with Gasteiger partial charge in [0.05, 0.1) is 17.6 Å². The van der Waals surface area contributed by atoms with E-state index in [9.17, 15) is 4.79 Å². The summed E-state index contributed by atoms with van der Waals surface area (Å²) < 4.78 is 0. The number of anilines is 1. The van der Waals surface area contributed by atoms with Crippen molar-refractivity contribution < 1.29 is 4.79 Å². The van der Waals surface area contributed by atoms with Crippen molar-refractivity contribution in [3.05, 3.63) is 95.1 Å². The first-order chi connectivity index (χ1) is 16.8. The predicted octanol–water partition coefficient (Wildman–Crippen LogP) is 7.36. The van der Waals surface area contributed by atoms with E-state index in [0.717, 1.165) is 50.5 Å². The fourth-order valence-electron chi connectivity index (χ4n) is 4.33. The van der Waals surface area contributed by atoms with Crippen molar-refractivity contribution in [2.24, 2.45) is 0 Å². The van der Waals surface area contributed by atoms with Crippen LogP contribution in [-0.4, -0.2) is 27.9 Å². The topological polar surface area (TPSA) is 45.2 Å². The number of rotatable bonds is 8. The fraction of sp³-hybridized carbons (Fsp3) is 0.267. The molecule has 4 aromatic rings. The summed E-state index contributed by atoms with van der Waals surface area (Å²) in [7, 11) is 0. The minimum Gasteiger partial charge on any atom is -0.326 e. The second-order valence-corrected chi connectivity index (χ2v) is 9.94. The molecule has 0 aliphatic rings. The van der Waals surface area contributed by atoms with E-state index in [1.54, 1.807) is 0 Å². The number of benzene rings is 3. The van der Waals surface area contributed by atoms with Crippen LogP contribution >= 0.6 is 11.6 Å². The lowest BCUT2D eigenvalue weighted by Gasteiger charge is -2.30. The molecular weight excluding hydrogens is 454 g/mol. The van der Waals surface area contributed by atoms with Crippen LogP contribution in [0.25, 0.3) is 22.0 Å². The SMILES string of the molecule is CC(C)N(Cc1ccc2cc(NC(=O)Cc3ccc(-c4ccc(Cl)cc4)cc3)ccc2n1)C(C)C. The summed E-state index contributed by atoms with van der Waals surface area (Å²) in [6, 6.07) is 26.7. The van der Waals surface area contributed by atoms with Crippen molar-refractivity contribution in [3.63, 3.8) is 0 Å². The molecule has 1 heterocycles. The first-order valence-corrected chi connectivity index (χ1v) is 12.5. The molecule has 0 radical (unpaired) electrons. The molecular formula is C30H32ClN3O. The van der Waals surface area contributed by atoms with Crippen molar-refractivity contribution in [3.8, 4) is 11.1 Å². The summed E-state index contributed by atoms with van der Waals surface area (Å²) in [5.74, 6) is -0.0438. The Bertz CT molecular complexity index is 1290. The van der Waals surface area contributed by atoms with E-state index < -0.39 is 0 Å². The maximum absolute atomic E-state index is 12.7. The van der Waals surface area contributed by atoms with E-state index in [1.165, 1.54) is 0 Å². The Hall–Kier alpha value is -3.21. The normalized spacial score (nSPS) is 11.5. The number of aromatic nitrogens is 1. The van der Waals surface area contributed by atoms with Crippen LogP contribution in [0.2, 0.25) is 5.02 Å². The van der Waals surface area contributed by atoms with Gasteiger partial charge in [0, 0.05) is 34.7 Å². The second-order valence-electron chi connectivity index (χ2n) is 9.50. The van der Waals surface area contributed by atoms with Gasteiger partial charge in [-0.1, -0.05) is 54.1 Å². The van der Waals surface area contributed by atoms with Crippen LogP contribution in [0.1, 0.15) is 39.0 Å². The van der Waals surface area contributed by atoms with Crippen LogP contribution in [0.4, 0.5) is 5.69 Å². The Balaban J connectivity index is 1.40. The van der Waals surface area contributed by atoms with E-state index in [2.05, 4.69) is 50.0 Å². The van der Waals surface area contributed by atoms with E-state index in [1.807, 2.05) is 66.7 Å². The van der Waals surface area contributed by atoms with Gasteiger partial charge in [-0.2, -0.15) is 0 Å². The van der Waals surface area contributed by atoms with Crippen LogP contribution in [0.3, 0.4) is 0 Å². The molecule has 35 heavy (non-hydrogen) atoms. The third kappa shape index (κ3) is 6.47. The summed E-state index contributed by atoms with van der Waals surface area (Å²) >= 11 is 5.98. The Labute approximate surface area is 213 Å². The van der Waals surface area contributed by atoms with Gasteiger partial charge in [-0.3, -0.25) is 14.7 Å². The van der Waals surface area contributed by atoms with E-state index in [4.69, 9.17) is 16.6 Å². The van der Waals surface area contributed by atoms with Crippen LogP contribution in [-0.2, 0) is 17.8 Å². The monoisotopic (exact) mass is 485 g/mol. The van der Waals surface area contributed by atoms with Gasteiger partial charge in [-0.15, -0.1) is 0 Å². The quantitative estimate of drug-likeness (QED) is 0.283. The van der Waals surface area contributed by atoms with Crippen molar-refractivity contribution in [1.29, 1.82) is 0 Å². The molecule has 3 aromatic carbocycles. The highest BCUT2D eigenvalue weighted by molar-refractivity contribution is 6.30. The molecule has 1 N–H and O–H groups in total. The molecule has 180 valence electrons. The van der Waals surface area contributed by atoms with Crippen molar-refractivity contribution in [2.45, 2.75) is 52.7 Å². The highest BCUT2D eigenvalue weighted by Crippen LogP contribution is 2.23. The maximum atomic E-state index is 12.7. The Kier molecular flexibility index (Phi) is 7.84. The van der Waals surface area contributed by atoms with Gasteiger partial charge in [0.15, 0.2) is 0 Å². The molecule has 4 nitrogen and oxygen atoms in total. The van der Waals surface area contributed by atoms with Gasteiger partial charge in [-0.05, 0) is 80.8 Å². The lowest BCUT2D eigenvalue weighted by molar-refractivity contribution is -0.115.